The Balaban J connectivity index is 1.59. The molecule has 7 nitrogen and oxygen atoms in total. The van der Waals surface area contributed by atoms with Gasteiger partial charge in [-0.3, -0.25) is 10.0 Å². The van der Waals surface area contributed by atoms with E-state index >= 15 is 0 Å². The van der Waals surface area contributed by atoms with E-state index in [1.165, 1.54) is 0 Å². The van der Waals surface area contributed by atoms with Gasteiger partial charge >= 0.3 is 0 Å². The van der Waals surface area contributed by atoms with E-state index in [0.29, 0.717) is 40.9 Å². The summed E-state index contributed by atoms with van der Waals surface area (Å²) >= 11 is 1.59. The lowest BCUT2D eigenvalue weighted by molar-refractivity contribution is -0.158. The number of nitrogens with zero attached hydrogens (tertiary/aromatic N) is 1. The number of thiophene rings is 1. The molecule has 0 bridgehead atoms. The molecule has 1 aromatic heterocycles. The van der Waals surface area contributed by atoms with Crippen molar-refractivity contribution in [1.29, 1.82) is 0 Å². The van der Waals surface area contributed by atoms with Gasteiger partial charge in [-0.25, -0.2) is 13.5 Å². The second-order valence-corrected chi connectivity index (χ2v) is 9.81. The van der Waals surface area contributed by atoms with E-state index in [2.05, 4.69) is 0 Å². The summed E-state index contributed by atoms with van der Waals surface area (Å²) < 4.78 is 37.8. The second-order valence-electron chi connectivity index (χ2n) is 6.75. The fraction of sp³-hybridized carbons (Fsp3) is 0.250. The molecule has 1 N–H and O–H groups in total. The predicted molar refractivity (Wildman–Crippen MR) is 109 cm³/mol. The minimum Gasteiger partial charge on any atom is -0.486 e. The van der Waals surface area contributed by atoms with Crippen molar-refractivity contribution in [3.05, 3.63) is 59.0 Å². The van der Waals surface area contributed by atoms with Crippen LogP contribution in [0.1, 0.15) is 17.2 Å². The number of hydroxylamine groups is 2. The summed E-state index contributed by atoms with van der Waals surface area (Å²) in [6.07, 6.45) is 0.203. The number of ether oxygens (including phenoxy) is 2. The zero-order chi connectivity index (χ0) is 20.4. The van der Waals surface area contributed by atoms with Gasteiger partial charge in [-0.2, -0.15) is 0 Å². The van der Waals surface area contributed by atoms with Gasteiger partial charge in [0.1, 0.15) is 13.2 Å². The predicted octanol–water partition coefficient (Wildman–Crippen LogP) is 3.18. The molecule has 9 heteroatoms. The number of sulfone groups is 1. The molecule has 1 atom stereocenters. The van der Waals surface area contributed by atoms with Crippen LogP contribution in [0.5, 0.6) is 11.5 Å². The van der Waals surface area contributed by atoms with Crippen molar-refractivity contribution in [3.8, 4) is 11.5 Å². The Morgan fingerprint density at radius 1 is 1.10 bits per heavy atom. The molecule has 0 aliphatic carbocycles. The number of carbonyl (C=O) groups is 1. The van der Waals surface area contributed by atoms with Gasteiger partial charge in [0.15, 0.2) is 21.3 Å². The quantitative estimate of drug-likeness (QED) is 0.349. The van der Waals surface area contributed by atoms with Crippen molar-refractivity contribution < 1.29 is 27.9 Å². The Bertz CT molecular complexity index is 1140. The van der Waals surface area contributed by atoms with Crippen LogP contribution in [0.2, 0.25) is 0 Å². The summed E-state index contributed by atoms with van der Waals surface area (Å²) in [7, 11) is -3.64. The molecule has 0 saturated carbocycles. The minimum absolute atomic E-state index is 0.188. The maximum absolute atomic E-state index is 12.9. The molecular weight excluding hydrogens is 414 g/mol. The Morgan fingerprint density at radius 2 is 1.90 bits per heavy atom. The SMILES string of the molecule is O=CN(O)[C@H](CS(=O)(=O)Cc1ccc2sccc2c1)c1ccc2c(c1)OCCO2. The third-order valence-corrected chi connectivity index (χ3v) is 7.19. The molecule has 0 saturated heterocycles. The van der Waals surface area contributed by atoms with Crippen LogP contribution in [0, 0.1) is 0 Å². The Morgan fingerprint density at radius 3 is 2.69 bits per heavy atom. The summed E-state index contributed by atoms with van der Waals surface area (Å²) in [5.74, 6) is 0.385. The fourth-order valence-electron chi connectivity index (χ4n) is 3.33. The molecule has 3 aromatic rings. The van der Waals surface area contributed by atoms with Crippen LogP contribution in [0.3, 0.4) is 0 Å². The van der Waals surface area contributed by atoms with Crippen molar-refractivity contribution in [2.75, 3.05) is 19.0 Å². The number of carbonyl (C=O) groups excluding carboxylic acids is 1. The van der Waals surface area contributed by atoms with Gasteiger partial charge in [-0.05, 0) is 52.2 Å². The van der Waals surface area contributed by atoms with Crippen molar-refractivity contribution in [3.63, 3.8) is 0 Å². The van der Waals surface area contributed by atoms with E-state index in [4.69, 9.17) is 9.47 Å². The Labute approximate surface area is 172 Å². The Kier molecular flexibility index (Phi) is 5.44. The number of amides is 1. The monoisotopic (exact) mass is 433 g/mol. The van der Waals surface area contributed by atoms with E-state index < -0.39 is 21.6 Å². The molecular formula is C20H19NO6S2. The smallest absolute Gasteiger partial charge is 0.233 e. The van der Waals surface area contributed by atoms with Gasteiger partial charge in [0.05, 0.1) is 17.5 Å². The molecule has 29 heavy (non-hydrogen) atoms. The third kappa shape index (κ3) is 4.36. The first kappa shape index (κ1) is 19.7. The van der Waals surface area contributed by atoms with Crippen molar-refractivity contribution in [2.45, 2.75) is 11.8 Å². The number of rotatable bonds is 7. The van der Waals surface area contributed by atoms with E-state index in [9.17, 15) is 18.4 Å². The van der Waals surface area contributed by atoms with Gasteiger partial charge in [-0.15, -0.1) is 11.3 Å². The van der Waals surface area contributed by atoms with Crippen molar-refractivity contribution in [2.24, 2.45) is 0 Å². The largest absolute Gasteiger partial charge is 0.486 e. The first-order valence-corrected chi connectivity index (χ1v) is 11.6. The van der Waals surface area contributed by atoms with Gasteiger partial charge < -0.3 is 9.47 Å². The molecule has 2 aromatic carbocycles. The highest BCUT2D eigenvalue weighted by Crippen LogP contribution is 2.34. The van der Waals surface area contributed by atoms with Crippen LogP contribution in [-0.4, -0.2) is 44.1 Å². The van der Waals surface area contributed by atoms with Crippen molar-refractivity contribution in [1.82, 2.24) is 5.06 Å². The summed E-state index contributed by atoms with van der Waals surface area (Å²) in [6, 6.07) is 11.3. The number of hydrogen-bond donors (Lipinski definition) is 1. The van der Waals surface area contributed by atoms with Crippen molar-refractivity contribution >= 4 is 37.7 Å². The number of benzene rings is 2. The fourth-order valence-corrected chi connectivity index (χ4v) is 5.73. The maximum Gasteiger partial charge on any atom is 0.233 e. The molecule has 0 unspecified atom stereocenters. The molecule has 0 radical (unpaired) electrons. The van der Waals surface area contributed by atoms with Gasteiger partial charge in [0, 0.05) is 4.70 Å². The number of fused-ring (bicyclic) bond motifs is 2. The van der Waals surface area contributed by atoms with Crippen LogP contribution in [0.4, 0.5) is 0 Å². The molecule has 0 spiro atoms. The summed E-state index contributed by atoms with van der Waals surface area (Å²) in [4.78, 5) is 11.2. The molecule has 0 fully saturated rings. The number of hydrogen-bond acceptors (Lipinski definition) is 7. The average Bonchev–Trinajstić information content (AvgIpc) is 3.18. The lowest BCUT2D eigenvalue weighted by atomic mass is 10.1. The van der Waals surface area contributed by atoms with Crippen LogP contribution >= 0.6 is 11.3 Å². The first-order valence-electron chi connectivity index (χ1n) is 8.94. The molecule has 152 valence electrons. The lowest BCUT2D eigenvalue weighted by Crippen LogP contribution is -2.30. The highest BCUT2D eigenvalue weighted by atomic mass is 32.2. The van der Waals surface area contributed by atoms with Crippen LogP contribution < -0.4 is 9.47 Å². The van der Waals surface area contributed by atoms with Gasteiger partial charge in [-0.1, -0.05) is 12.1 Å². The minimum atomic E-state index is -3.64. The molecule has 2 heterocycles. The van der Waals surface area contributed by atoms with E-state index in [1.807, 2.05) is 23.6 Å². The van der Waals surface area contributed by atoms with Gasteiger partial charge in [0.25, 0.3) is 0 Å². The first-order chi connectivity index (χ1) is 13.9. The Hall–Kier alpha value is -2.62. The molecule has 1 aliphatic heterocycles. The molecule has 4 rings (SSSR count). The van der Waals surface area contributed by atoms with E-state index in [0.717, 1.165) is 10.1 Å². The highest BCUT2D eigenvalue weighted by molar-refractivity contribution is 7.90. The zero-order valence-corrected chi connectivity index (χ0v) is 17.0. The third-order valence-electron chi connectivity index (χ3n) is 4.69. The van der Waals surface area contributed by atoms with Crippen LogP contribution in [0.15, 0.2) is 47.8 Å². The van der Waals surface area contributed by atoms with Gasteiger partial charge in [0.2, 0.25) is 6.41 Å². The van der Waals surface area contributed by atoms with Crippen LogP contribution in [-0.2, 0) is 20.4 Å². The second kappa shape index (κ2) is 8.02. The molecule has 1 aliphatic rings. The summed E-state index contributed by atoms with van der Waals surface area (Å²) in [5.41, 5.74) is 1.10. The van der Waals surface area contributed by atoms with E-state index in [-0.39, 0.29) is 12.2 Å². The van der Waals surface area contributed by atoms with E-state index in [1.54, 1.807) is 35.6 Å². The van der Waals surface area contributed by atoms with Crippen LogP contribution in [0.25, 0.3) is 10.1 Å². The lowest BCUT2D eigenvalue weighted by Gasteiger charge is -2.25. The highest BCUT2D eigenvalue weighted by Gasteiger charge is 2.27. The normalized spacial score (nSPS) is 14.5. The average molecular weight is 434 g/mol. The topological polar surface area (TPSA) is 93.1 Å². The maximum atomic E-state index is 12.9. The zero-order valence-electron chi connectivity index (χ0n) is 15.4. The summed E-state index contributed by atoms with van der Waals surface area (Å²) in [6.45, 7) is 0.806. The molecule has 1 amide bonds. The summed E-state index contributed by atoms with van der Waals surface area (Å²) in [5, 5.41) is 13.4. The standard InChI is InChI=1S/C20H19NO6S2/c22-13-21(23)17(15-2-3-18-19(10-15)27-7-6-26-18)12-29(24,25)11-14-1-4-20-16(9-14)5-8-28-20/h1-5,8-10,13,17,23H,6-7,11-12H2/t17-/m1/s1.